The number of hydrogen-bond acceptors (Lipinski definition) is 1. The van der Waals surface area contributed by atoms with Crippen LogP contribution in [0.15, 0.2) is 54.6 Å². The molecule has 103 valence electrons. The Kier molecular flexibility index (Phi) is 4.14. The maximum absolute atomic E-state index is 4.48. The minimum absolute atomic E-state index is 0.355. The van der Waals surface area contributed by atoms with Crippen LogP contribution in [0.3, 0.4) is 0 Å². The van der Waals surface area contributed by atoms with Gasteiger partial charge in [-0.1, -0.05) is 54.6 Å². The molecule has 2 heteroatoms. The number of hydrogen-bond donors (Lipinski definition) is 0. The predicted octanol–water partition coefficient (Wildman–Crippen LogP) is 3.00. The van der Waals surface area contributed by atoms with Crippen LogP contribution in [-0.2, 0) is 0 Å². The van der Waals surface area contributed by atoms with Crippen LogP contribution >= 0.6 is 0 Å². The SMILES string of the molecule is Cc1ccccc1C(c1ccccc1)N1CC[N]CC1. The number of rotatable bonds is 3. The quantitative estimate of drug-likeness (QED) is 0.834. The third-order valence-electron chi connectivity index (χ3n) is 4.05. The van der Waals surface area contributed by atoms with Gasteiger partial charge in [-0.15, -0.1) is 0 Å². The molecule has 20 heavy (non-hydrogen) atoms. The van der Waals surface area contributed by atoms with Crippen LogP contribution in [0.25, 0.3) is 0 Å². The maximum atomic E-state index is 4.48. The van der Waals surface area contributed by atoms with E-state index in [4.69, 9.17) is 0 Å². The summed E-state index contributed by atoms with van der Waals surface area (Å²) in [6.45, 7) is 6.21. The van der Waals surface area contributed by atoms with Crippen molar-refractivity contribution in [2.24, 2.45) is 0 Å². The largest absolute Gasteiger partial charge is 0.290 e. The van der Waals surface area contributed by atoms with Crippen molar-refractivity contribution in [3.63, 3.8) is 0 Å². The van der Waals surface area contributed by atoms with Crippen molar-refractivity contribution in [1.29, 1.82) is 0 Å². The molecule has 2 nitrogen and oxygen atoms in total. The minimum Gasteiger partial charge on any atom is -0.290 e. The molecular formula is C18H21N2. The zero-order chi connectivity index (χ0) is 13.8. The first kappa shape index (κ1) is 13.3. The third-order valence-corrected chi connectivity index (χ3v) is 4.05. The maximum Gasteiger partial charge on any atom is 0.0605 e. The number of nitrogens with zero attached hydrogens (tertiary/aromatic N) is 2. The van der Waals surface area contributed by atoms with Gasteiger partial charge in [0.2, 0.25) is 0 Å². The molecule has 1 atom stereocenters. The van der Waals surface area contributed by atoms with E-state index in [0.717, 1.165) is 26.2 Å². The molecule has 1 aliphatic heterocycles. The van der Waals surface area contributed by atoms with Gasteiger partial charge in [0.1, 0.15) is 0 Å². The Morgan fingerprint density at radius 1 is 0.900 bits per heavy atom. The van der Waals surface area contributed by atoms with Crippen molar-refractivity contribution >= 4 is 0 Å². The highest BCUT2D eigenvalue weighted by molar-refractivity contribution is 5.37. The van der Waals surface area contributed by atoms with Crippen molar-refractivity contribution in [2.45, 2.75) is 13.0 Å². The van der Waals surface area contributed by atoms with E-state index >= 15 is 0 Å². The standard InChI is InChI=1S/C18H21N2/c1-15-7-5-6-10-17(15)18(16-8-3-2-4-9-16)20-13-11-19-12-14-20/h2-10,18H,11-14H2,1H3. The molecule has 1 aliphatic rings. The Bertz CT molecular complexity index is 544. The molecule has 1 radical (unpaired) electrons. The fraction of sp³-hybridized carbons (Fsp3) is 0.333. The first-order valence-corrected chi connectivity index (χ1v) is 7.34. The van der Waals surface area contributed by atoms with Crippen molar-refractivity contribution in [2.75, 3.05) is 26.2 Å². The van der Waals surface area contributed by atoms with E-state index < -0.39 is 0 Å². The van der Waals surface area contributed by atoms with E-state index in [2.05, 4.69) is 71.7 Å². The number of piperazine rings is 1. The molecule has 0 N–H and O–H groups in total. The van der Waals surface area contributed by atoms with Gasteiger partial charge in [0, 0.05) is 26.2 Å². The van der Waals surface area contributed by atoms with Crippen molar-refractivity contribution < 1.29 is 0 Å². The van der Waals surface area contributed by atoms with Gasteiger partial charge in [0.15, 0.2) is 0 Å². The van der Waals surface area contributed by atoms with E-state index in [1.165, 1.54) is 16.7 Å². The summed E-state index contributed by atoms with van der Waals surface area (Å²) in [6, 6.07) is 19.9. The average Bonchev–Trinajstić information content (AvgIpc) is 2.52. The number of aryl methyl sites for hydroxylation is 1. The van der Waals surface area contributed by atoms with Crippen LogP contribution in [0.5, 0.6) is 0 Å². The molecule has 0 aromatic heterocycles. The molecule has 1 unspecified atom stereocenters. The Balaban J connectivity index is 2.01. The van der Waals surface area contributed by atoms with Crippen LogP contribution < -0.4 is 5.32 Å². The van der Waals surface area contributed by atoms with Crippen LogP contribution in [-0.4, -0.2) is 31.1 Å². The van der Waals surface area contributed by atoms with E-state index in [9.17, 15) is 0 Å². The molecule has 0 spiro atoms. The lowest BCUT2D eigenvalue weighted by atomic mass is 9.93. The zero-order valence-corrected chi connectivity index (χ0v) is 12.0. The van der Waals surface area contributed by atoms with E-state index in [-0.39, 0.29) is 0 Å². The van der Waals surface area contributed by atoms with E-state index in [1.807, 2.05) is 0 Å². The lowest BCUT2D eigenvalue weighted by Gasteiger charge is -2.35. The summed E-state index contributed by atoms with van der Waals surface area (Å²) >= 11 is 0. The summed E-state index contributed by atoms with van der Waals surface area (Å²) in [5, 5.41) is 4.48. The second-order valence-corrected chi connectivity index (χ2v) is 5.38. The smallest absolute Gasteiger partial charge is 0.0605 e. The molecule has 1 saturated heterocycles. The first-order chi connectivity index (χ1) is 9.86. The third kappa shape index (κ3) is 2.77. The molecule has 0 saturated carbocycles. The Morgan fingerprint density at radius 3 is 2.25 bits per heavy atom. The molecule has 2 aromatic carbocycles. The summed E-state index contributed by atoms with van der Waals surface area (Å²) in [6.07, 6.45) is 0. The zero-order valence-electron chi connectivity index (χ0n) is 12.0. The van der Waals surface area contributed by atoms with Gasteiger partial charge in [0.05, 0.1) is 6.04 Å². The Morgan fingerprint density at radius 2 is 1.55 bits per heavy atom. The number of benzene rings is 2. The van der Waals surface area contributed by atoms with Crippen LogP contribution in [0.2, 0.25) is 0 Å². The topological polar surface area (TPSA) is 17.3 Å². The van der Waals surface area contributed by atoms with Gasteiger partial charge in [-0.05, 0) is 23.6 Å². The highest BCUT2D eigenvalue weighted by Crippen LogP contribution is 2.30. The van der Waals surface area contributed by atoms with Crippen LogP contribution in [0, 0.1) is 6.92 Å². The molecule has 2 aromatic rings. The van der Waals surface area contributed by atoms with Crippen LogP contribution in [0.4, 0.5) is 0 Å². The summed E-state index contributed by atoms with van der Waals surface area (Å²) < 4.78 is 0. The van der Waals surface area contributed by atoms with E-state index in [0.29, 0.717) is 6.04 Å². The van der Waals surface area contributed by atoms with Gasteiger partial charge >= 0.3 is 0 Å². The predicted molar refractivity (Wildman–Crippen MR) is 82.9 cm³/mol. The first-order valence-electron chi connectivity index (χ1n) is 7.34. The highest BCUT2D eigenvalue weighted by Gasteiger charge is 2.24. The Hall–Kier alpha value is -1.64. The normalized spacial score (nSPS) is 17.9. The summed E-state index contributed by atoms with van der Waals surface area (Å²) in [7, 11) is 0. The fourth-order valence-corrected chi connectivity index (χ4v) is 3.00. The van der Waals surface area contributed by atoms with E-state index in [1.54, 1.807) is 0 Å². The molecule has 1 heterocycles. The highest BCUT2D eigenvalue weighted by atomic mass is 15.2. The minimum atomic E-state index is 0.355. The Labute approximate surface area is 121 Å². The van der Waals surface area contributed by atoms with Crippen molar-refractivity contribution in [1.82, 2.24) is 10.2 Å². The molecule has 0 aliphatic carbocycles. The van der Waals surface area contributed by atoms with Gasteiger partial charge in [-0.3, -0.25) is 4.90 Å². The van der Waals surface area contributed by atoms with Crippen molar-refractivity contribution in [3.8, 4) is 0 Å². The van der Waals surface area contributed by atoms with Crippen LogP contribution in [0.1, 0.15) is 22.7 Å². The van der Waals surface area contributed by atoms with Gasteiger partial charge in [-0.25, -0.2) is 5.32 Å². The van der Waals surface area contributed by atoms with Crippen molar-refractivity contribution in [3.05, 3.63) is 71.3 Å². The summed E-state index contributed by atoms with van der Waals surface area (Å²) in [5.74, 6) is 0. The van der Waals surface area contributed by atoms with Gasteiger partial charge in [0.25, 0.3) is 0 Å². The monoisotopic (exact) mass is 265 g/mol. The molecular weight excluding hydrogens is 244 g/mol. The molecule has 1 fully saturated rings. The second kappa shape index (κ2) is 6.21. The molecule has 3 rings (SSSR count). The summed E-state index contributed by atoms with van der Waals surface area (Å²) in [4.78, 5) is 2.56. The lowest BCUT2D eigenvalue weighted by molar-refractivity contribution is 0.196. The fourth-order valence-electron chi connectivity index (χ4n) is 3.00. The summed E-state index contributed by atoms with van der Waals surface area (Å²) in [5.41, 5.74) is 4.16. The lowest BCUT2D eigenvalue weighted by Crippen LogP contribution is -2.42. The molecule has 0 bridgehead atoms. The second-order valence-electron chi connectivity index (χ2n) is 5.38. The average molecular weight is 265 g/mol. The molecule has 0 amide bonds. The van der Waals surface area contributed by atoms with Gasteiger partial charge < -0.3 is 0 Å². The van der Waals surface area contributed by atoms with Gasteiger partial charge in [-0.2, -0.15) is 0 Å².